The third-order valence-corrected chi connectivity index (χ3v) is 3.34. The Labute approximate surface area is 113 Å². The van der Waals surface area contributed by atoms with Crippen molar-refractivity contribution < 1.29 is 14.7 Å². The van der Waals surface area contributed by atoms with Gasteiger partial charge in [-0.25, -0.2) is 0 Å². The van der Waals surface area contributed by atoms with E-state index in [1.165, 1.54) is 11.3 Å². The largest absolute Gasteiger partial charge is 0.480 e. The molecular weight excluding hydrogens is 264 g/mol. The molecule has 0 fully saturated rings. The molecule has 0 spiro atoms. The van der Waals surface area contributed by atoms with Crippen molar-refractivity contribution >= 4 is 28.2 Å². The van der Waals surface area contributed by atoms with Gasteiger partial charge in [0.05, 0.1) is 10.6 Å². The van der Waals surface area contributed by atoms with Crippen LogP contribution in [-0.2, 0) is 4.79 Å². The zero-order chi connectivity index (χ0) is 13.8. The predicted octanol–water partition coefficient (Wildman–Crippen LogP) is 1.81. The van der Waals surface area contributed by atoms with Gasteiger partial charge in [0.2, 0.25) is 0 Å². The molecule has 0 aliphatic rings. The number of aliphatic carboxylic acids is 1. The summed E-state index contributed by atoms with van der Waals surface area (Å²) >= 11 is 1.26. The summed E-state index contributed by atoms with van der Waals surface area (Å²) in [4.78, 5) is 22.4. The number of carboxylic acids is 1. The lowest BCUT2D eigenvalue weighted by Crippen LogP contribution is -2.29. The Hall–Kier alpha value is -2.34. The monoisotopic (exact) mass is 276 g/mol. The molecule has 4 N–H and O–H groups in total. The molecule has 1 heterocycles. The number of amides is 1. The van der Waals surface area contributed by atoms with Crippen LogP contribution in [0.3, 0.4) is 0 Å². The van der Waals surface area contributed by atoms with Crippen LogP contribution in [0.25, 0.3) is 11.1 Å². The van der Waals surface area contributed by atoms with E-state index < -0.39 is 18.4 Å². The summed E-state index contributed by atoms with van der Waals surface area (Å²) < 4.78 is 0. The normalized spacial score (nSPS) is 10.1. The van der Waals surface area contributed by atoms with Gasteiger partial charge in [-0.15, -0.1) is 11.3 Å². The van der Waals surface area contributed by atoms with E-state index >= 15 is 0 Å². The molecule has 0 saturated heterocycles. The Bertz CT molecular complexity index is 608. The molecule has 1 amide bonds. The van der Waals surface area contributed by atoms with Gasteiger partial charge in [0.15, 0.2) is 0 Å². The maximum atomic E-state index is 12.0. The highest BCUT2D eigenvalue weighted by Gasteiger charge is 2.18. The first-order valence-corrected chi connectivity index (χ1v) is 6.40. The zero-order valence-electron chi connectivity index (χ0n) is 9.92. The molecule has 0 aliphatic carbocycles. The van der Waals surface area contributed by atoms with Crippen molar-refractivity contribution in [2.75, 3.05) is 12.3 Å². The van der Waals surface area contributed by atoms with Crippen molar-refractivity contribution in [3.8, 4) is 11.1 Å². The number of carbonyl (C=O) groups is 2. The minimum Gasteiger partial charge on any atom is -0.480 e. The molecule has 1 aromatic carbocycles. The first kappa shape index (κ1) is 13.1. The van der Waals surface area contributed by atoms with Crippen molar-refractivity contribution in [1.29, 1.82) is 0 Å². The number of nitrogens with one attached hydrogen (secondary N) is 1. The molecule has 0 radical (unpaired) electrons. The molecule has 0 bridgehead atoms. The van der Waals surface area contributed by atoms with Crippen LogP contribution in [-0.4, -0.2) is 23.5 Å². The summed E-state index contributed by atoms with van der Waals surface area (Å²) in [6, 6.07) is 9.35. The number of carbonyl (C=O) groups excluding carboxylic acids is 1. The predicted molar refractivity (Wildman–Crippen MR) is 74.1 cm³/mol. The molecule has 2 rings (SSSR count). The fourth-order valence-electron chi connectivity index (χ4n) is 1.68. The molecule has 98 valence electrons. The summed E-state index contributed by atoms with van der Waals surface area (Å²) in [6.07, 6.45) is 0. The van der Waals surface area contributed by atoms with E-state index in [9.17, 15) is 9.59 Å². The Morgan fingerprint density at radius 3 is 2.58 bits per heavy atom. The number of anilines is 1. The van der Waals surface area contributed by atoms with Crippen LogP contribution >= 0.6 is 11.3 Å². The van der Waals surface area contributed by atoms with Crippen molar-refractivity contribution in [3.05, 3.63) is 41.3 Å². The van der Waals surface area contributed by atoms with Crippen LogP contribution in [0.2, 0.25) is 0 Å². The Morgan fingerprint density at radius 2 is 1.95 bits per heavy atom. The van der Waals surface area contributed by atoms with Crippen molar-refractivity contribution in [1.82, 2.24) is 5.32 Å². The molecule has 1 aromatic heterocycles. The highest BCUT2D eigenvalue weighted by Crippen LogP contribution is 2.33. The van der Waals surface area contributed by atoms with Gasteiger partial charge in [0.25, 0.3) is 5.91 Å². The standard InChI is InChI=1S/C13H12N2O3S/c14-12-11(13(18)15-6-10(16)17)9(7-19-12)8-4-2-1-3-5-8/h1-5,7H,6,14H2,(H,15,18)(H,16,17). The molecule has 2 aromatic rings. The highest BCUT2D eigenvalue weighted by molar-refractivity contribution is 7.15. The minimum atomic E-state index is -1.09. The van der Waals surface area contributed by atoms with Crippen molar-refractivity contribution in [2.45, 2.75) is 0 Å². The van der Waals surface area contributed by atoms with E-state index in [0.29, 0.717) is 16.1 Å². The van der Waals surface area contributed by atoms with Gasteiger partial charge in [-0.05, 0) is 5.56 Å². The SMILES string of the molecule is Nc1scc(-c2ccccc2)c1C(=O)NCC(=O)O. The lowest BCUT2D eigenvalue weighted by molar-refractivity contribution is -0.135. The smallest absolute Gasteiger partial charge is 0.322 e. The fourth-order valence-corrected chi connectivity index (χ4v) is 2.50. The number of benzene rings is 1. The average Bonchev–Trinajstić information content (AvgIpc) is 2.79. The van der Waals surface area contributed by atoms with Crippen LogP contribution in [0.5, 0.6) is 0 Å². The molecule has 5 nitrogen and oxygen atoms in total. The minimum absolute atomic E-state index is 0.331. The summed E-state index contributed by atoms with van der Waals surface area (Å²) in [5.41, 5.74) is 7.71. The Balaban J connectivity index is 2.33. The van der Waals surface area contributed by atoms with Crippen LogP contribution < -0.4 is 11.1 Å². The summed E-state index contributed by atoms with van der Waals surface area (Å²) in [6.45, 7) is -0.428. The number of nitrogens with two attached hydrogens (primary N) is 1. The van der Waals surface area contributed by atoms with E-state index in [1.807, 2.05) is 30.3 Å². The van der Waals surface area contributed by atoms with E-state index in [-0.39, 0.29) is 0 Å². The highest BCUT2D eigenvalue weighted by atomic mass is 32.1. The van der Waals surface area contributed by atoms with E-state index in [4.69, 9.17) is 10.8 Å². The van der Waals surface area contributed by atoms with Crippen LogP contribution in [0, 0.1) is 0 Å². The number of rotatable bonds is 4. The van der Waals surface area contributed by atoms with E-state index in [0.717, 1.165) is 5.56 Å². The summed E-state index contributed by atoms with van der Waals surface area (Å²) in [7, 11) is 0. The van der Waals surface area contributed by atoms with Gasteiger partial charge < -0.3 is 16.2 Å². The van der Waals surface area contributed by atoms with Gasteiger partial charge in [-0.2, -0.15) is 0 Å². The third kappa shape index (κ3) is 2.92. The Kier molecular flexibility index (Phi) is 3.82. The zero-order valence-corrected chi connectivity index (χ0v) is 10.7. The maximum Gasteiger partial charge on any atom is 0.322 e. The molecule has 6 heteroatoms. The lowest BCUT2D eigenvalue weighted by atomic mass is 10.0. The van der Waals surface area contributed by atoms with Crippen molar-refractivity contribution in [3.63, 3.8) is 0 Å². The number of carboxylic acid groups (broad SMARTS) is 1. The molecule has 0 aliphatic heterocycles. The quantitative estimate of drug-likeness (QED) is 0.794. The van der Waals surface area contributed by atoms with Gasteiger partial charge >= 0.3 is 5.97 Å². The summed E-state index contributed by atoms with van der Waals surface area (Å²) in [5.74, 6) is -1.57. The molecule has 0 atom stereocenters. The number of hydrogen-bond acceptors (Lipinski definition) is 4. The van der Waals surface area contributed by atoms with Gasteiger partial charge in [0, 0.05) is 10.9 Å². The average molecular weight is 276 g/mol. The second-order valence-corrected chi connectivity index (χ2v) is 4.74. The molecule has 0 saturated carbocycles. The van der Waals surface area contributed by atoms with Crippen LogP contribution in [0.15, 0.2) is 35.7 Å². The van der Waals surface area contributed by atoms with Crippen LogP contribution in [0.1, 0.15) is 10.4 Å². The number of hydrogen-bond donors (Lipinski definition) is 3. The number of nitrogen functional groups attached to an aromatic ring is 1. The lowest BCUT2D eigenvalue weighted by Gasteiger charge is -2.06. The fraction of sp³-hybridized carbons (Fsp3) is 0.0769. The maximum absolute atomic E-state index is 12.0. The summed E-state index contributed by atoms with van der Waals surface area (Å²) in [5, 5.41) is 13.1. The third-order valence-electron chi connectivity index (χ3n) is 2.53. The first-order valence-electron chi connectivity index (χ1n) is 5.52. The molecule has 0 unspecified atom stereocenters. The molecule has 19 heavy (non-hydrogen) atoms. The topological polar surface area (TPSA) is 92.4 Å². The van der Waals surface area contributed by atoms with E-state index in [2.05, 4.69) is 5.32 Å². The van der Waals surface area contributed by atoms with Gasteiger partial charge in [-0.3, -0.25) is 9.59 Å². The molecular formula is C13H12N2O3S. The number of thiophene rings is 1. The second-order valence-electron chi connectivity index (χ2n) is 3.83. The van der Waals surface area contributed by atoms with Crippen molar-refractivity contribution in [2.24, 2.45) is 0 Å². The Morgan fingerprint density at radius 1 is 1.26 bits per heavy atom. The van der Waals surface area contributed by atoms with Gasteiger partial charge in [-0.1, -0.05) is 30.3 Å². The van der Waals surface area contributed by atoms with Gasteiger partial charge in [0.1, 0.15) is 6.54 Å². The van der Waals surface area contributed by atoms with E-state index in [1.54, 1.807) is 5.38 Å². The second kappa shape index (κ2) is 5.53. The van der Waals surface area contributed by atoms with Crippen LogP contribution in [0.4, 0.5) is 5.00 Å². The first-order chi connectivity index (χ1) is 9.09.